The molecule has 9 atom stereocenters. The van der Waals surface area contributed by atoms with Gasteiger partial charge in [-0.15, -0.1) is 0 Å². The topological polar surface area (TPSA) is 52.6 Å². The van der Waals surface area contributed by atoms with E-state index in [0.717, 1.165) is 19.3 Å². The highest BCUT2D eigenvalue weighted by Crippen LogP contribution is 2.76. The summed E-state index contributed by atoms with van der Waals surface area (Å²) in [5.41, 5.74) is 0.420. The Hall–Kier alpha value is -1.32. The molecule has 0 saturated heterocycles. The Morgan fingerprint density at radius 2 is 1.58 bits per heavy atom. The van der Waals surface area contributed by atoms with Crippen LogP contribution in [0.2, 0.25) is 0 Å². The summed E-state index contributed by atoms with van der Waals surface area (Å²) in [6.45, 7) is 16.2. The molecule has 0 aromatic heterocycles. The van der Waals surface area contributed by atoms with Crippen molar-refractivity contribution in [2.75, 3.05) is 0 Å². The summed E-state index contributed by atoms with van der Waals surface area (Å²) in [6.07, 6.45) is 13.2. The highest BCUT2D eigenvalue weighted by atomic mass is 16.6. The van der Waals surface area contributed by atoms with E-state index in [1.807, 2.05) is 6.08 Å². The van der Waals surface area contributed by atoms with Crippen molar-refractivity contribution in [1.29, 1.82) is 0 Å². The van der Waals surface area contributed by atoms with Gasteiger partial charge < -0.3 is 9.47 Å². The van der Waals surface area contributed by atoms with Gasteiger partial charge in [0.2, 0.25) is 0 Å². The molecule has 0 unspecified atom stereocenters. The van der Waals surface area contributed by atoms with Crippen LogP contribution in [0.4, 0.5) is 0 Å². The molecule has 4 fully saturated rings. The molecule has 1 heterocycles. The highest BCUT2D eigenvalue weighted by molar-refractivity contribution is 5.85. The predicted octanol–water partition coefficient (Wildman–Crippen LogP) is 6.47. The highest BCUT2D eigenvalue weighted by Gasteiger charge is 2.70. The summed E-state index contributed by atoms with van der Waals surface area (Å²) in [6, 6.07) is 0. The van der Waals surface area contributed by atoms with Gasteiger partial charge in [0.25, 0.3) is 0 Å². The van der Waals surface area contributed by atoms with Crippen LogP contribution in [-0.4, -0.2) is 23.6 Å². The zero-order chi connectivity index (χ0) is 24.0. The van der Waals surface area contributed by atoms with Gasteiger partial charge in [-0.3, -0.25) is 4.79 Å². The fraction of sp³-hybridized carbons (Fsp3) is 0.862. The van der Waals surface area contributed by atoms with Gasteiger partial charge in [0, 0.05) is 24.3 Å². The van der Waals surface area contributed by atoms with Crippen LogP contribution in [0, 0.1) is 45.3 Å². The molecule has 0 N–H and O–H groups in total. The zero-order valence-corrected chi connectivity index (χ0v) is 21.8. The molecular weight excluding hydrogens is 412 g/mol. The monoisotopic (exact) mass is 456 g/mol. The molecule has 4 aliphatic carbocycles. The summed E-state index contributed by atoms with van der Waals surface area (Å²) in [7, 11) is 0. The van der Waals surface area contributed by atoms with Crippen LogP contribution in [-0.2, 0) is 19.1 Å². The number of rotatable bonds is 2. The van der Waals surface area contributed by atoms with Crippen LogP contribution in [0.25, 0.3) is 0 Å². The van der Waals surface area contributed by atoms with E-state index in [1.165, 1.54) is 32.1 Å². The lowest BCUT2D eigenvalue weighted by atomic mass is 9.35. The van der Waals surface area contributed by atoms with E-state index in [4.69, 9.17) is 9.47 Å². The average Bonchev–Trinajstić information content (AvgIpc) is 3.25. The van der Waals surface area contributed by atoms with Crippen molar-refractivity contribution in [3.05, 3.63) is 12.2 Å². The predicted molar refractivity (Wildman–Crippen MR) is 128 cm³/mol. The molecule has 4 nitrogen and oxygen atoms in total. The van der Waals surface area contributed by atoms with Crippen molar-refractivity contribution < 1.29 is 19.1 Å². The summed E-state index contributed by atoms with van der Waals surface area (Å²) in [4.78, 5) is 23.8. The maximum atomic E-state index is 12.0. The first-order chi connectivity index (χ1) is 15.3. The Bertz CT molecular complexity index is 890. The van der Waals surface area contributed by atoms with Crippen molar-refractivity contribution in [3.8, 4) is 0 Å². The van der Waals surface area contributed by atoms with E-state index in [0.29, 0.717) is 29.1 Å². The minimum atomic E-state index is -0.437. The molecule has 33 heavy (non-hydrogen) atoms. The van der Waals surface area contributed by atoms with Gasteiger partial charge in [0.05, 0.1) is 0 Å². The SMILES string of the molecule is CC(=O)O[C@@H]1CC[C@]2(C)[C@H]3CC[C@@H]4[C@@H]([C@]5(C)C=CC(=O)O5)CC[C@@]4(C)[C@]3(C)CC[C@H]2C1(C)C. The van der Waals surface area contributed by atoms with Crippen LogP contribution in [0.1, 0.15) is 99.8 Å². The first-order valence-electron chi connectivity index (χ1n) is 13.4. The molecule has 0 spiro atoms. The second-order valence-electron chi connectivity index (χ2n) is 13.7. The third-order valence-corrected chi connectivity index (χ3v) is 12.3. The number of carbonyl (C=O) groups excluding carboxylic acids is 2. The van der Waals surface area contributed by atoms with Crippen LogP contribution < -0.4 is 0 Å². The minimum absolute atomic E-state index is 0.00624. The molecule has 0 aromatic rings. The lowest BCUT2D eigenvalue weighted by molar-refractivity contribution is -0.229. The third kappa shape index (κ3) is 3.00. The van der Waals surface area contributed by atoms with Gasteiger partial charge in [-0.05, 0) is 98.4 Å². The van der Waals surface area contributed by atoms with Gasteiger partial charge in [-0.1, -0.05) is 34.6 Å². The maximum absolute atomic E-state index is 12.0. The summed E-state index contributed by atoms with van der Waals surface area (Å²) in [5, 5.41) is 0. The second kappa shape index (κ2) is 7.10. The van der Waals surface area contributed by atoms with Gasteiger partial charge in [-0.25, -0.2) is 4.79 Å². The maximum Gasteiger partial charge on any atom is 0.331 e. The van der Waals surface area contributed by atoms with Crippen LogP contribution in [0.5, 0.6) is 0 Å². The van der Waals surface area contributed by atoms with E-state index in [-0.39, 0.29) is 34.3 Å². The molecule has 4 heteroatoms. The molecule has 5 aliphatic rings. The Kier molecular flexibility index (Phi) is 5.04. The number of hydrogen-bond donors (Lipinski definition) is 0. The molecule has 0 bridgehead atoms. The first kappa shape index (κ1) is 23.4. The van der Waals surface area contributed by atoms with Gasteiger partial charge in [0.15, 0.2) is 0 Å². The molecule has 4 saturated carbocycles. The minimum Gasteiger partial charge on any atom is -0.462 e. The molecule has 184 valence electrons. The van der Waals surface area contributed by atoms with E-state index in [9.17, 15) is 9.59 Å². The number of fused-ring (bicyclic) bond motifs is 5. The molecular formula is C29H44O4. The van der Waals surface area contributed by atoms with E-state index < -0.39 is 5.60 Å². The van der Waals surface area contributed by atoms with Crippen molar-refractivity contribution in [1.82, 2.24) is 0 Å². The first-order valence-corrected chi connectivity index (χ1v) is 13.4. The van der Waals surface area contributed by atoms with E-state index in [2.05, 4.69) is 41.5 Å². The molecule has 0 amide bonds. The number of hydrogen-bond acceptors (Lipinski definition) is 4. The number of cyclic esters (lactones) is 1. The Morgan fingerprint density at radius 3 is 2.21 bits per heavy atom. The number of ether oxygens (including phenoxy) is 2. The average molecular weight is 457 g/mol. The summed E-state index contributed by atoms with van der Waals surface area (Å²) < 4.78 is 11.7. The van der Waals surface area contributed by atoms with E-state index >= 15 is 0 Å². The Morgan fingerprint density at radius 1 is 0.879 bits per heavy atom. The molecule has 1 aliphatic heterocycles. The normalized spacial score (nSPS) is 52.5. The smallest absolute Gasteiger partial charge is 0.331 e. The molecule has 0 radical (unpaired) electrons. The fourth-order valence-electron chi connectivity index (χ4n) is 10.5. The lowest BCUT2D eigenvalue weighted by Gasteiger charge is -2.70. The van der Waals surface area contributed by atoms with Crippen molar-refractivity contribution in [3.63, 3.8) is 0 Å². The summed E-state index contributed by atoms with van der Waals surface area (Å²) in [5.74, 6) is 1.98. The Labute approximate surface area is 200 Å². The van der Waals surface area contributed by atoms with Gasteiger partial charge >= 0.3 is 11.9 Å². The number of carbonyl (C=O) groups is 2. The Balaban J connectivity index is 1.46. The molecule has 0 aromatic carbocycles. The quantitative estimate of drug-likeness (QED) is 0.447. The lowest BCUT2D eigenvalue weighted by Crippen LogP contribution is -2.64. The van der Waals surface area contributed by atoms with E-state index in [1.54, 1.807) is 13.0 Å². The zero-order valence-electron chi connectivity index (χ0n) is 21.8. The fourth-order valence-corrected chi connectivity index (χ4v) is 10.5. The van der Waals surface area contributed by atoms with Crippen LogP contribution in [0.3, 0.4) is 0 Å². The standard InChI is InChI=1S/C29H44O4/c1-18(30)32-23-12-14-26(4)21(25(23,2)3)11-16-28(6)22(26)9-8-19-20(10-15-27(19,28)5)29(7)17-13-24(31)33-29/h13,17,19-23H,8-12,14-16H2,1-7H3/t19-,20+,21+,22-,23-,26+,27-,28-,29+/m1/s1. The molecule has 5 rings (SSSR count). The van der Waals surface area contributed by atoms with Crippen molar-refractivity contribution >= 4 is 11.9 Å². The van der Waals surface area contributed by atoms with Gasteiger partial charge in [0.1, 0.15) is 11.7 Å². The second-order valence-corrected chi connectivity index (χ2v) is 13.7. The van der Waals surface area contributed by atoms with Crippen molar-refractivity contribution in [2.45, 2.75) is 112 Å². The van der Waals surface area contributed by atoms with Crippen LogP contribution >= 0.6 is 0 Å². The third-order valence-electron chi connectivity index (χ3n) is 12.3. The summed E-state index contributed by atoms with van der Waals surface area (Å²) >= 11 is 0. The van der Waals surface area contributed by atoms with Gasteiger partial charge in [-0.2, -0.15) is 0 Å². The van der Waals surface area contributed by atoms with Crippen LogP contribution in [0.15, 0.2) is 12.2 Å². The number of esters is 2. The largest absolute Gasteiger partial charge is 0.462 e. The van der Waals surface area contributed by atoms with Crippen molar-refractivity contribution in [2.24, 2.45) is 45.3 Å².